The van der Waals surface area contributed by atoms with E-state index in [9.17, 15) is 0 Å². The number of anilines is 1. The lowest BCUT2D eigenvalue weighted by molar-refractivity contribution is 0.989. The van der Waals surface area contributed by atoms with Crippen LogP contribution < -0.4 is 5.32 Å². The van der Waals surface area contributed by atoms with E-state index in [4.69, 9.17) is 11.6 Å². The molecule has 1 unspecified atom stereocenters. The Kier molecular flexibility index (Phi) is 4.10. The summed E-state index contributed by atoms with van der Waals surface area (Å²) in [5.41, 5.74) is 2.41. The zero-order valence-electron chi connectivity index (χ0n) is 11.0. The molecule has 0 saturated heterocycles. The summed E-state index contributed by atoms with van der Waals surface area (Å²) in [6, 6.07) is 16.8. The van der Waals surface area contributed by atoms with Crippen molar-refractivity contribution >= 4 is 40.0 Å². The average Bonchev–Trinajstić information content (AvgIpc) is 3.09. The highest BCUT2D eigenvalue weighted by Gasteiger charge is 2.17. The van der Waals surface area contributed by atoms with Gasteiger partial charge in [-0.3, -0.25) is 0 Å². The fourth-order valence-electron chi connectivity index (χ4n) is 2.11. The summed E-state index contributed by atoms with van der Waals surface area (Å²) < 4.78 is 0.827. The highest BCUT2D eigenvalue weighted by molar-refractivity contribution is 7.16. The van der Waals surface area contributed by atoms with Gasteiger partial charge < -0.3 is 5.32 Å². The van der Waals surface area contributed by atoms with Crippen LogP contribution in [0.3, 0.4) is 0 Å². The SMILES string of the molecule is Cc1ccccc1NC(c1cccs1)c1ccc(Cl)s1. The third-order valence-electron chi connectivity index (χ3n) is 3.15. The predicted molar refractivity (Wildman–Crippen MR) is 90.3 cm³/mol. The molecule has 0 aliphatic heterocycles. The number of hydrogen-bond acceptors (Lipinski definition) is 3. The Morgan fingerprint density at radius 3 is 2.50 bits per heavy atom. The number of benzene rings is 1. The largest absolute Gasteiger partial charge is 0.373 e. The third-order valence-corrected chi connectivity index (χ3v) is 5.38. The maximum absolute atomic E-state index is 6.09. The van der Waals surface area contributed by atoms with Gasteiger partial charge in [0.1, 0.15) is 0 Å². The molecule has 0 fully saturated rings. The van der Waals surface area contributed by atoms with Gasteiger partial charge in [0, 0.05) is 15.4 Å². The van der Waals surface area contributed by atoms with Gasteiger partial charge in [-0.25, -0.2) is 0 Å². The summed E-state index contributed by atoms with van der Waals surface area (Å²) in [6.45, 7) is 2.12. The highest BCUT2D eigenvalue weighted by Crippen LogP contribution is 2.35. The van der Waals surface area contributed by atoms with E-state index < -0.39 is 0 Å². The lowest BCUT2D eigenvalue weighted by atomic mass is 10.1. The fraction of sp³-hybridized carbons (Fsp3) is 0.125. The second kappa shape index (κ2) is 6.00. The minimum Gasteiger partial charge on any atom is -0.373 e. The second-order valence-corrected chi connectivity index (χ2v) is 7.28. The zero-order chi connectivity index (χ0) is 13.9. The van der Waals surface area contributed by atoms with Crippen molar-refractivity contribution < 1.29 is 0 Å². The molecule has 0 spiro atoms. The van der Waals surface area contributed by atoms with Crippen LogP contribution in [0.2, 0.25) is 4.34 Å². The molecule has 1 atom stereocenters. The van der Waals surface area contributed by atoms with Crippen LogP contribution in [0.1, 0.15) is 21.4 Å². The molecule has 0 radical (unpaired) electrons. The summed E-state index contributed by atoms with van der Waals surface area (Å²) in [5.74, 6) is 0. The summed E-state index contributed by atoms with van der Waals surface area (Å²) in [6.07, 6.45) is 0. The Morgan fingerprint density at radius 2 is 1.85 bits per heavy atom. The molecule has 0 amide bonds. The van der Waals surface area contributed by atoms with E-state index in [1.165, 1.54) is 15.3 Å². The number of halogens is 1. The number of hydrogen-bond donors (Lipinski definition) is 1. The van der Waals surface area contributed by atoms with Gasteiger partial charge in [-0.15, -0.1) is 22.7 Å². The number of nitrogens with one attached hydrogen (secondary N) is 1. The highest BCUT2D eigenvalue weighted by atomic mass is 35.5. The molecule has 3 aromatic rings. The Balaban J connectivity index is 1.97. The van der Waals surface area contributed by atoms with E-state index in [-0.39, 0.29) is 6.04 Å². The first-order chi connectivity index (χ1) is 9.74. The van der Waals surface area contributed by atoms with Crippen molar-refractivity contribution in [1.29, 1.82) is 0 Å². The lowest BCUT2D eigenvalue weighted by Gasteiger charge is -2.19. The predicted octanol–water partition coefficient (Wildman–Crippen LogP) is 5.97. The van der Waals surface area contributed by atoms with Crippen LogP contribution in [-0.4, -0.2) is 0 Å². The number of thiophene rings is 2. The van der Waals surface area contributed by atoms with Gasteiger partial charge in [0.25, 0.3) is 0 Å². The van der Waals surface area contributed by atoms with E-state index in [1.807, 2.05) is 6.07 Å². The van der Waals surface area contributed by atoms with Crippen LogP contribution in [0.5, 0.6) is 0 Å². The summed E-state index contributed by atoms with van der Waals surface area (Å²) in [4.78, 5) is 2.53. The fourth-order valence-corrected chi connectivity index (χ4v) is 4.11. The summed E-state index contributed by atoms with van der Waals surface area (Å²) in [5, 5.41) is 5.75. The van der Waals surface area contributed by atoms with Crippen molar-refractivity contribution in [3.05, 3.63) is 73.6 Å². The van der Waals surface area contributed by atoms with Gasteiger partial charge in [0.05, 0.1) is 10.4 Å². The standard InChI is InChI=1S/C16H14ClNS2/c1-11-5-2-3-6-12(11)18-16(13-7-4-10-19-13)14-8-9-15(17)20-14/h2-10,16,18H,1H3. The van der Waals surface area contributed by atoms with Crippen LogP contribution in [-0.2, 0) is 0 Å². The van der Waals surface area contributed by atoms with Crippen molar-refractivity contribution in [2.45, 2.75) is 13.0 Å². The zero-order valence-corrected chi connectivity index (χ0v) is 13.4. The Bertz CT molecular complexity index is 688. The van der Waals surface area contributed by atoms with E-state index in [2.05, 4.69) is 60.1 Å². The van der Waals surface area contributed by atoms with E-state index in [0.717, 1.165) is 10.0 Å². The van der Waals surface area contributed by atoms with Crippen molar-refractivity contribution in [1.82, 2.24) is 0 Å². The lowest BCUT2D eigenvalue weighted by Crippen LogP contribution is -2.10. The van der Waals surface area contributed by atoms with Gasteiger partial charge in [-0.2, -0.15) is 0 Å². The Hall–Kier alpha value is -1.29. The molecule has 0 bridgehead atoms. The maximum Gasteiger partial charge on any atom is 0.0954 e. The number of para-hydroxylation sites is 1. The van der Waals surface area contributed by atoms with Crippen molar-refractivity contribution in [2.24, 2.45) is 0 Å². The van der Waals surface area contributed by atoms with Crippen LogP contribution in [0.15, 0.2) is 53.9 Å². The minimum absolute atomic E-state index is 0.161. The molecule has 1 aromatic carbocycles. The molecule has 20 heavy (non-hydrogen) atoms. The van der Waals surface area contributed by atoms with Crippen LogP contribution >= 0.6 is 34.3 Å². The molecule has 0 aliphatic rings. The van der Waals surface area contributed by atoms with Crippen molar-refractivity contribution in [3.63, 3.8) is 0 Å². The van der Waals surface area contributed by atoms with E-state index in [0.29, 0.717) is 0 Å². The average molecular weight is 320 g/mol. The minimum atomic E-state index is 0.161. The molecule has 2 heterocycles. The van der Waals surface area contributed by atoms with Crippen molar-refractivity contribution in [2.75, 3.05) is 5.32 Å². The quantitative estimate of drug-likeness (QED) is 0.624. The molecule has 0 saturated carbocycles. The van der Waals surface area contributed by atoms with Crippen LogP contribution in [0.4, 0.5) is 5.69 Å². The van der Waals surface area contributed by atoms with Gasteiger partial charge in [0.2, 0.25) is 0 Å². The topological polar surface area (TPSA) is 12.0 Å². The molecule has 2 aromatic heterocycles. The van der Waals surface area contributed by atoms with Crippen LogP contribution in [0.25, 0.3) is 0 Å². The molecule has 102 valence electrons. The Morgan fingerprint density at radius 1 is 1.00 bits per heavy atom. The molecular formula is C16H14ClNS2. The monoisotopic (exact) mass is 319 g/mol. The smallest absolute Gasteiger partial charge is 0.0954 e. The summed E-state index contributed by atoms with van der Waals surface area (Å²) >= 11 is 9.48. The molecule has 1 N–H and O–H groups in total. The molecule has 3 rings (SSSR count). The second-order valence-electron chi connectivity index (χ2n) is 4.55. The normalized spacial score (nSPS) is 12.3. The van der Waals surface area contributed by atoms with E-state index >= 15 is 0 Å². The molecular weight excluding hydrogens is 306 g/mol. The first-order valence-corrected chi connectivity index (χ1v) is 8.42. The first kappa shape index (κ1) is 13.7. The maximum atomic E-state index is 6.09. The Labute approximate surface area is 131 Å². The molecule has 4 heteroatoms. The third kappa shape index (κ3) is 2.90. The van der Waals surface area contributed by atoms with Gasteiger partial charge in [-0.05, 0) is 42.1 Å². The van der Waals surface area contributed by atoms with Crippen LogP contribution in [0, 0.1) is 6.92 Å². The molecule has 1 nitrogen and oxygen atoms in total. The number of aryl methyl sites for hydroxylation is 1. The van der Waals surface area contributed by atoms with Gasteiger partial charge in [-0.1, -0.05) is 35.9 Å². The van der Waals surface area contributed by atoms with Gasteiger partial charge >= 0.3 is 0 Å². The van der Waals surface area contributed by atoms with Crippen molar-refractivity contribution in [3.8, 4) is 0 Å². The van der Waals surface area contributed by atoms with Gasteiger partial charge in [0.15, 0.2) is 0 Å². The number of rotatable bonds is 4. The molecule has 0 aliphatic carbocycles. The first-order valence-electron chi connectivity index (χ1n) is 6.35. The summed E-state index contributed by atoms with van der Waals surface area (Å²) in [7, 11) is 0. The van der Waals surface area contributed by atoms with E-state index in [1.54, 1.807) is 22.7 Å².